The summed E-state index contributed by atoms with van der Waals surface area (Å²) in [4.78, 5) is 40.2. The van der Waals surface area contributed by atoms with Gasteiger partial charge in [-0.3, -0.25) is 0 Å². The molecule has 1 amide bonds. The van der Waals surface area contributed by atoms with Crippen molar-refractivity contribution in [2.75, 3.05) is 46.3 Å². The Morgan fingerprint density at radius 2 is 1.70 bits per heavy atom. The predicted octanol–water partition coefficient (Wildman–Crippen LogP) is 4.00. The Morgan fingerprint density at radius 3 is 2.34 bits per heavy atom. The van der Waals surface area contributed by atoms with E-state index < -0.39 is 34.2 Å². The van der Waals surface area contributed by atoms with Crippen LogP contribution in [0.5, 0.6) is 0 Å². The summed E-state index contributed by atoms with van der Waals surface area (Å²) in [5.41, 5.74) is 1.48. The first-order valence-electron chi connectivity index (χ1n) is 15.6. The lowest BCUT2D eigenvalue weighted by atomic mass is 9.86. The Morgan fingerprint density at radius 1 is 1.02 bits per heavy atom. The molecule has 0 radical (unpaired) electrons. The number of ether oxygens (including phenoxy) is 1. The first-order valence-corrected chi connectivity index (χ1v) is 17.1. The largest absolute Gasteiger partial charge is 0.442 e. The Labute approximate surface area is 262 Å². The monoisotopic (exact) mass is 631 g/mol. The van der Waals surface area contributed by atoms with Crippen LogP contribution in [0.2, 0.25) is 0 Å². The third kappa shape index (κ3) is 10.1. The molecule has 0 aromatic heterocycles. The van der Waals surface area contributed by atoms with E-state index in [-0.39, 0.29) is 23.2 Å². The van der Waals surface area contributed by atoms with Crippen molar-refractivity contribution in [2.45, 2.75) is 70.0 Å². The summed E-state index contributed by atoms with van der Waals surface area (Å²) in [6.07, 6.45) is 8.12. The topological polar surface area (TPSA) is 125 Å². The van der Waals surface area contributed by atoms with Crippen LogP contribution in [-0.4, -0.2) is 105 Å². The molecule has 3 rings (SSSR count). The molecule has 1 N–H and O–H groups in total. The number of likely N-dealkylation sites (N-methyl/N-ethyl adjacent to an activating group) is 1. The van der Waals surface area contributed by atoms with E-state index in [1.165, 1.54) is 4.31 Å². The van der Waals surface area contributed by atoms with Gasteiger partial charge in [0.15, 0.2) is 0 Å². The smallest absolute Gasteiger partial charge is 0.410 e. The second-order valence-electron chi connectivity index (χ2n) is 12.2. The Hall–Kier alpha value is -2.86. The second-order valence-corrected chi connectivity index (χ2v) is 14.2. The Kier molecular flexibility index (Phi) is 13.8. The van der Waals surface area contributed by atoms with Gasteiger partial charge in [-0.15, -0.1) is 0 Å². The third-order valence-electron chi connectivity index (χ3n) is 8.68. The number of sulfonamides is 1. The number of carbonyl (C=O) groups excluding carboxylic acids is 3. The van der Waals surface area contributed by atoms with Gasteiger partial charge in [0.25, 0.3) is 0 Å². The number of aliphatic hydroxyl groups is 1. The van der Waals surface area contributed by atoms with Crippen LogP contribution in [0, 0.1) is 17.8 Å². The number of nitrogens with zero attached hydrogens (tertiary/aromatic N) is 3. The summed E-state index contributed by atoms with van der Waals surface area (Å²) in [5.74, 6) is -0.857. The standard InChI is InChI=1S/C33H49N3O7S/c1-25(31(24-38)27(3)22-28-8-7-9-30(23-28)44(41,42)36-15-5-6-16-36)11-13-32(26(2)10-12-29(39)14-21-37)43-33(40)35-19-17-34(4)18-20-35/h7-9,11,13,21-26,29,31-32,39H,5-6,10,12,14-20H2,1-4H3/b13-11+,27-22+/t25-,26-,29+,31-,32-/m0/s1. The molecular formula is C33H49N3O7S. The lowest BCUT2D eigenvalue weighted by Gasteiger charge is -2.33. The van der Waals surface area contributed by atoms with Gasteiger partial charge in [0, 0.05) is 51.6 Å². The summed E-state index contributed by atoms with van der Waals surface area (Å²) in [6, 6.07) is 6.79. The molecule has 2 fully saturated rings. The summed E-state index contributed by atoms with van der Waals surface area (Å²) < 4.78 is 33.6. The minimum absolute atomic E-state index is 0.0606. The number of benzene rings is 1. The molecule has 2 saturated heterocycles. The molecule has 0 spiro atoms. The van der Waals surface area contributed by atoms with Crippen LogP contribution in [0.25, 0.3) is 6.08 Å². The highest BCUT2D eigenvalue weighted by Gasteiger charge is 2.28. The van der Waals surface area contributed by atoms with Gasteiger partial charge >= 0.3 is 6.09 Å². The summed E-state index contributed by atoms with van der Waals surface area (Å²) in [5, 5.41) is 10.1. The molecule has 2 heterocycles. The van der Waals surface area contributed by atoms with Crippen molar-refractivity contribution in [1.82, 2.24) is 14.1 Å². The first kappa shape index (κ1) is 35.6. The molecule has 2 aliphatic heterocycles. The van der Waals surface area contributed by atoms with E-state index in [4.69, 9.17) is 4.74 Å². The molecule has 0 bridgehead atoms. The molecule has 44 heavy (non-hydrogen) atoms. The Balaban J connectivity index is 1.75. The van der Waals surface area contributed by atoms with E-state index in [0.29, 0.717) is 50.9 Å². The molecule has 1 aromatic carbocycles. The van der Waals surface area contributed by atoms with Crippen molar-refractivity contribution in [1.29, 1.82) is 0 Å². The van der Waals surface area contributed by atoms with Gasteiger partial charge in [0.2, 0.25) is 10.0 Å². The highest BCUT2D eigenvalue weighted by Crippen LogP contribution is 2.27. The molecule has 2 aliphatic rings. The van der Waals surface area contributed by atoms with E-state index in [2.05, 4.69) is 4.90 Å². The number of piperazine rings is 1. The summed E-state index contributed by atoms with van der Waals surface area (Å²) in [6.45, 7) is 9.45. The third-order valence-corrected chi connectivity index (χ3v) is 10.6. The molecule has 0 unspecified atom stereocenters. The van der Waals surface area contributed by atoms with E-state index in [0.717, 1.165) is 37.8 Å². The number of aldehydes is 2. The summed E-state index contributed by atoms with van der Waals surface area (Å²) >= 11 is 0. The van der Waals surface area contributed by atoms with Gasteiger partial charge < -0.3 is 29.2 Å². The number of rotatable bonds is 15. The van der Waals surface area contributed by atoms with E-state index >= 15 is 0 Å². The molecular weight excluding hydrogens is 582 g/mol. The van der Waals surface area contributed by atoms with Crippen LogP contribution >= 0.6 is 0 Å². The number of carbonyl (C=O) groups is 3. The van der Waals surface area contributed by atoms with Crippen molar-refractivity contribution in [3.63, 3.8) is 0 Å². The Bertz CT molecular complexity index is 1270. The van der Waals surface area contributed by atoms with Gasteiger partial charge in [-0.25, -0.2) is 13.2 Å². The minimum atomic E-state index is -3.56. The molecule has 0 saturated carbocycles. The molecule has 1 aromatic rings. The van der Waals surface area contributed by atoms with Gasteiger partial charge in [-0.05, 0) is 75.3 Å². The quantitative estimate of drug-likeness (QED) is 0.228. The molecule has 10 nitrogen and oxygen atoms in total. The van der Waals surface area contributed by atoms with Gasteiger partial charge in [-0.1, -0.05) is 43.7 Å². The van der Waals surface area contributed by atoms with Gasteiger partial charge in [0.05, 0.1) is 11.0 Å². The number of amides is 1. The zero-order valence-corrected chi connectivity index (χ0v) is 27.3. The molecule has 0 aliphatic carbocycles. The average molecular weight is 632 g/mol. The fourth-order valence-corrected chi connectivity index (χ4v) is 7.20. The molecule has 5 atom stereocenters. The van der Waals surface area contributed by atoms with Crippen LogP contribution in [0.3, 0.4) is 0 Å². The SMILES string of the molecule is C/C(=C\c1cccc(S(=O)(=O)N2CCCC2)c1)[C@@H](C=O)[C@@H](C)/C=C/[C@H](OC(=O)N1CCN(C)CC1)[C@@H](C)CC[C@@H](O)CC=O. The fraction of sp³-hybridized carbons (Fsp3) is 0.606. The van der Waals surface area contributed by atoms with Crippen LogP contribution in [0.1, 0.15) is 58.4 Å². The number of hydrogen-bond acceptors (Lipinski definition) is 8. The normalized spacial score (nSPS) is 20.7. The van der Waals surface area contributed by atoms with E-state index in [1.807, 2.05) is 52.1 Å². The van der Waals surface area contributed by atoms with Crippen molar-refractivity contribution in [2.24, 2.45) is 17.8 Å². The van der Waals surface area contributed by atoms with Crippen LogP contribution in [0.4, 0.5) is 4.79 Å². The number of hydrogen-bond donors (Lipinski definition) is 1. The number of allylic oxidation sites excluding steroid dienone is 2. The maximum Gasteiger partial charge on any atom is 0.410 e. The zero-order chi connectivity index (χ0) is 32.3. The zero-order valence-electron chi connectivity index (χ0n) is 26.5. The maximum absolute atomic E-state index is 13.1. The summed E-state index contributed by atoms with van der Waals surface area (Å²) in [7, 11) is -1.55. The van der Waals surface area contributed by atoms with Crippen molar-refractivity contribution in [3.05, 3.63) is 47.6 Å². The number of aliphatic hydroxyl groups excluding tert-OH is 1. The molecule has 11 heteroatoms. The van der Waals surface area contributed by atoms with E-state index in [9.17, 15) is 27.9 Å². The first-order chi connectivity index (χ1) is 21.0. The van der Waals surface area contributed by atoms with Crippen LogP contribution in [-0.2, 0) is 24.3 Å². The van der Waals surface area contributed by atoms with Gasteiger partial charge in [-0.2, -0.15) is 4.31 Å². The minimum Gasteiger partial charge on any atom is -0.442 e. The van der Waals surface area contributed by atoms with Crippen molar-refractivity contribution in [3.8, 4) is 0 Å². The van der Waals surface area contributed by atoms with Crippen molar-refractivity contribution < 1.29 is 32.6 Å². The fourth-order valence-electron chi connectivity index (χ4n) is 5.63. The lowest BCUT2D eigenvalue weighted by Crippen LogP contribution is -2.48. The second kappa shape index (κ2) is 17.0. The predicted molar refractivity (Wildman–Crippen MR) is 170 cm³/mol. The average Bonchev–Trinajstić information content (AvgIpc) is 3.55. The van der Waals surface area contributed by atoms with Crippen LogP contribution in [0.15, 0.2) is 46.9 Å². The van der Waals surface area contributed by atoms with E-state index in [1.54, 1.807) is 23.1 Å². The highest BCUT2D eigenvalue weighted by molar-refractivity contribution is 7.89. The van der Waals surface area contributed by atoms with Gasteiger partial charge in [0.1, 0.15) is 18.7 Å². The molecule has 244 valence electrons. The van der Waals surface area contributed by atoms with Crippen LogP contribution < -0.4 is 0 Å². The van der Waals surface area contributed by atoms with Crippen molar-refractivity contribution >= 4 is 34.8 Å². The maximum atomic E-state index is 13.1. The lowest BCUT2D eigenvalue weighted by molar-refractivity contribution is -0.111. The highest BCUT2D eigenvalue weighted by atomic mass is 32.2.